The van der Waals surface area contributed by atoms with Gasteiger partial charge < -0.3 is 10.6 Å². The van der Waals surface area contributed by atoms with Crippen LogP contribution in [0.1, 0.15) is 12.8 Å². The van der Waals surface area contributed by atoms with Crippen molar-refractivity contribution in [3.8, 4) is 0 Å². The van der Waals surface area contributed by atoms with Gasteiger partial charge in [-0.25, -0.2) is 0 Å². The summed E-state index contributed by atoms with van der Waals surface area (Å²) in [4.78, 5) is 11.4. The van der Waals surface area contributed by atoms with Crippen LogP contribution in [0.25, 0.3) is 0 Å². The van der Waals surface area contributed by atoms with E-state index < -0.39 is 0 Å². The predicted octanol–water partition coefficient (Wildman–Crippen LogP) is 1.25. The number of benzene rings is 1. The number of carbonyl (C=O) groups excluding carboxylic acids is 1. The van der Waals surface area contributed by atoms with E-state index in [9.17, 15) is 4.79 Å². The first kappa shape index (κ1) is 12.1. The highest BCUT2D eigenvalue weighted by atomic mass is 35.5. The molecule has 1 aromatic carbocycles. The molecule has 0 atom stereocenters. The summed E-state index contributed by atoms with van der Waals surface area (Å²) in [7, 11) is 5.56. The third-order valence-corrected chi connectivity index (χ3v) is 2.56. The molecule has 0 unspecified atom stereocenters. The third-order valence-electron chi connectivity index (χ3n) is 2.36. The van der Waals surface area contributed by atoms with Crippen LogP contribution in [0, 0.1) is 0 Å². The molecule has 0 saturated heterocycles. The molecule has 3 nitrogen and oxygen atoms in total. The Hall–Kier alpha value is -1.42. The summed E-state index contributed by atoms with van der Waals surface area (Å²) in [6.07, 6.45) is 3.46. The Bertz CT molecular complexity index is 440. The number of anilines is 1. The molecule has 17 heavy (non-hydrogen) atoms. The van der Waals surface area contributed by atoms with Gasteiger partial charge in [0.05, 0.1) is 0 Å². The van der Waals surface area contributed by atoms with E-state index >= 15 is 0 Å². The molecule has 0 bridgehead atoms. The number of rotatable bonds is 4. The van der Waals surface area contributed by atoms with Crippen molar-refractivity contribution < 1.29 is 4.79 Å². The van der Waals surface area contributed by atoms with Gasteiger partial charge in [-0.2, -0.15) is 0 Å². The molecule has 86 valence electrons. The number of nitrogens with one attached hydrogen (secondary N) is 2. The van der Waals surface area contributed by atoms with Gasteiger partial charge in [0.1, 0.15) is 13.0 Å². The summed E-state index contributed by atoms with van der Waals surface area (Å²) in [6.45, 7) is 0. The standard InChI is InChI=1S/C12H12BClN2O/c13-8-1-3-9(4-2-8)15-11(14)7-12(17)16-10-5-6-10/h1-4,7,10,15H,5-6H2,(H,16,17)/b11-7-. The quantitative estimate of drug-likeness (QED) is 0.477. The van der Waals surface area contributed by atoms with Gasteiger partial charge in [0.2, 0.25) is 5.91 Å². The summed E-state index contributed by atoms with van der Waals surface area (Å²) in [6, 6.07) is 7.45. The van der Waals surface area contributed by atoms with E-state index in [0.29, 0.717) is 11.5 Å². The minimum absolute atomic E-state index is 0.166. The first-order valence-corrected chi connectivity index (χ1v) is 5.81. The van der Waals surface area contributed by atoms with Gasteiger partial charge >= 0.3 is 0 Å². The van der Waals surface area contributed by atoms with Crippen molar-refractivity contribution in [2.75, 3.05) is 5.32 Å². The second kappa shape index (κ2) is 5.28. The van der Waals surface area contributed by atoms with Crippen LogP contribution in [-0.2, 0) is 4.79 Å². The van der Waals surface area contributed by atoms with E-state index in [0.717, 1.165) is 18.5 Å². The van der Waals surface area contributed by atoms with Crippen LogP contribution in [0.3, 0.4) is 0 Å². The molecule has 1 fully saturated rings. The molecule has 2 N–H and O–H groups in total. The normalized spacial score (nSPS) is 15.5. The molecule has 0 spiro atoms. The van der Waals surface area contributed by atoms with Crippen molar-refractivity contribution in [3.05, 3.63) is 35.5 Å². The van der Waals surface area contributed by atoms with E-state index in [2.05, 4.69) is 10.6 Å². The average Bonchev–Trinajstić information content (AvgIpc) is 3.05. The minimum atomic E-state index is -0.166. The fraction of sp³-hybridized carbons (Fsp3) is 0.250. The van der Waals surface area contributed by atoms with Crippen LogP contribution >= 0.6 is 11.6 Å². The Morgan fingerprint density at radius 3 is 2.59 bits per heavy atom. The van der Waals surface area contributed by atoms with Gasteiger partial charge in [-0.3, -0.25) is 4.79 Å². The minimum Gasteiger partial charge on any atom is -0.350 e. The van der Waals surface area contributed by atoms with Gasteiger partial charge in [-0.05, 0) is 25.0 Å². The second-order valence-electron chi connectivity index (χ2n) is 4.02. The van der Waals surface area contributed by atoms with Crippen molar-refractivity contribution in [1.82, 2.24) is 5.32 Å². The Kier molecular flexibility index (Phi) is 3.74. The van der Waals surface area contributed by atoms with Gasteiger partial charge in [-0.15, -0.1) is 0 Å². The fourth-order valence-electron chi connectivity index (χ4n) is 1.33. The summed E-state index contributed by atoms with van der Waals surface area (Å²) >= 11 is 5.91. The lowest BCUT2D eigenvalue weighted by molar-refractivity contribution is -0.116. The molecule has 1 aliphatic rings. The second-order valence-corrected chi connectivity index (χ2v) is 4.43. The lowest BCUT2D eigenvalue weighted by atomic mass is 9.96. The zero-order valence-electron chi connectivity index (χ0n) is 9.24. The van der Waals surface area contributed by atoms with Crippen molar-refractivity contribution >= 4 is 36.5 Å². The zero-order chi connectivity index (χ0) is 12.3. The zero-order valence-corrected chi connectivity index (χ0v) is 10.00. The van der Waals surface area contributed by atoms with Crippen LogP contribution in [0.2, 0.25) is 0 Å². The summed E-state index contributed by atoms with van der Waals surface area (Å²) in [5.74, 6) is -0.166. The van der Waals surface area contributed by atoms with Gasteiger partial charge in [-0.1, -0.05) is 29.2 Å². The van der Waals surface area contributed by atoms with Crippen LogP contribution in [0.15, 0.2) is 35.5 Å². The largest absolute Gasteiger partial charge is 0.350 e. The van der Waals surface area contributed by atoms with Crippen LogP contribution in [-0.4, -0.2) is 19.8 Å². The van der Waals surface area contributed by atoms with E-state index in [1.807, 2.05) is 0 Å². The maximum atomic E-state index is 11.4. The average molecular weight is 247 g/mol. The molecule has 1 saturated carbocycles. The fourth-order valence-corrected chi connectivity index (χ4v) is 1.53. The predicted molar refractivity (Wildman–Crippen MR) is 70.6 cm³/mol. The van der Waals surface area contributed by atoms with Crippen LogP contribution in [0.4, 0.5) is 5.69 Å². The molecular weight excluding hydrogens is 234 g/mol. The SMILES string of the molecule is [B]c1ccc(N/C(Cl)=C\C(=O)NC2CC2)cc1. The smallest absolute Gasteiger partial charge is 0.247 e. The Morgan fingerprint density at radius 2 is 2.00 bits per heavy atom. The first-order valence-electron chi connectivity index (χ1n) is 5.44. The highest BCUT2D eigenvalue weighted by molar-refractivity contribution is 6.33. The summed E-state index contributed by atoms with van der Waals surface area (Å²) in [5, 5.41) is 6.01. The summed E-state index contributed by atoms with van der Waals surface area (Å²) < 4.78 is 0. The Morgan fingerprint density at radius 1 is 1.35 bits per heavy atom. The van der Waals surface area contributed by atoms with Crippen LogP contribution < -0.4 is 16.1 Å². The monoisotopic (exact) mass is 246 g/mol. The first-order chi connectivity index (χ1) is 8.13. The highest BCUT2D eigenvalue weighted by Gasteiger charge is 2.22. The maximum Gasteiger partial charge on any atom is 0.247 e. The van der Waals surface area contributed by atoms with Crippen LogP contribution in [0.5, 0.6) is 0 Å². The Labute approximate surface area is 107 Å². The molecule has 0 aromatic heterocycles. The summed E-state index contributed by atoms with van der Waals surface area (Å²) in [5.41, 5.74) is 1.47. The van der Waals surface area contributed by atoms with E-state index in [1.165, 1.54) is 6.08 Å². The van der Waals surface area contributed by atoms with E-state index in [4.69, 9.17) is 19.4 Å². The molecule has 2 radical (unpaired) electrons. The maximum absolute atomic E-state index is 11.4. The molecule has 0 aliphatic heterocycles. The third kappa shape index (κ3) is 4.15. The molecule has 2 rings (SSSR count). The van der Waals surface area contributed by atoms with Gasteiger partial charge in [0, 0.05) is 17.8 Å². The molecular formula is C12H12BClN2O. The van der Waals surface area contributed by atoms with E-state index in [1.54, 1.807) is 24.3 Å². The number of halogens is 1. The number of hydrogen-bond donors (Lipinski definition) is 2. The van der Waals surface area contributed by atoms with Crippen molar-refractivity contribution in [2.24, 2.45) is 0 Å². The highest BCUT2D eigenvalue weighted by Crippen LogP contribution is 2.18. The Balaban J connectivity index is 1.90. The lowest BCUT2D eigenvalue weighted by Crippen LogP contribution is -2.23. The lowest BCUT2D eigenvalue weighted by Gasteiger charge is -2.05. The molecule has 1 aliphatic carbocycles. The van der Waals surface area contributed by atoms with Gasteiger partial charge in [0.25, 0.3) is 0 Å². The van der Waals surface area contributed by atoms with Crippen molar-refractivity contribution in [3.63, 3.8) is 0 Å². The molecule has 1 amide bonds. The van der Waals surface area contributed by atoms with Crippen molar-refractivity contribution in [1.29, 1.82) is 0 Å². The number of hydrogen-bond acceptors (Lipinski definition) is 2. The number of amides is 1. The van der Waals surface area contributed by atoms with Gasteiger partial charge in [0.15, 0.2) is 0 Å². The van der Waals surface area contributed by atoms with E-state index in [-0.39, 0.29) is 11.1 Å². The molecule has 1 aromatic rings. The van der Waals surface area contributed by atoms with Crippen molar-refractivity contribution in [2.45, 2.75) is 18.9 Å². The molecule has 0 heterocycles. The molecule has 5 heteroatoms. The topological polar surface area (TPSA) is 41.1 Å². The number of carbonyl (C=O) groups is 1.